The van der Waals surface area contributed by atoms with Gasteiger partial charge in [0.25, 0.3) is 0 Å². The third-order valence-corrected chi connectivity index (χ3v) is 2.44. The average molecular weight is 280 g/mol. The minimum atomic E-state index is -0.940. The van der Waals surface area contributed by atoms with Gasteiger partial charge in [0.15, 0.2) is 6.10 Å². The quantitative estimate of drug-likeness (QED) is 0.456. The number of hydrogen-bond donors (Lipinski definition) is 2. The third-order valence-electron chi connectivity index (χ3n) is 2.44. The molecule has 1 amide bonds. The van der Waals surface area contributed by atoms with Gasteiger partial charge in [-0.25, -0.2) is 15.0 Å². The molecule has 1 aromatic rings. The van der Waals surface area contributed by atoms with Crippen LogP contribution in [0.4, 0.5) is 10.5 Å². The molecule has 0 fully saturated rings. The Balaban J connectivity index is 2.25. The van der Waals surface area contributed by atoms with E-state index < -0.39 is 18.2 Å². The first kappa shape index (κ1) is 15.8. The van der Waals surface area contributed by atoms with Gasteiger partial charge in [0.05, 0.1) is 12.3 Å². The molecule has 6 nitrogen and oxygen atoms in total. The Labute approximate surface area is 118 Å². The van der Waals surface area contributed by atoms with Gasteiger partial charge in [-0.15, -0.1) is 0 Å². The number of carbonyl (C=O) groups excluding carboxylic acids is 2. The topological polar surface area (TPSA) is 76.7 Å². The van der Waals surface area contributed by atoms with E-state index in [1.807, 2.05) is 25.1 Å². The lowest BCUT2D eigenvalue weighted by molar-refractivity contribution is -0.152. The zero-order valence-electron chi connectivity index (χ0n) is 11.7. The second-order valence-electron chi connectivity index (χ2n) is 4.18. The number of hydrogen-bond acceptors (Lipinski definition) is 5. The molecule has 2 N–H and O–H groups in total. The number of hydrazine groups is 1. The van der Waals surface area contributed by atoms with Gasteiger partial charge >= 0.3 is 12.1 Å². The zero-order valence-corrected chi connectivity index (χ0v) is 11.7. The number of benzene rings is 1. The number of nitrogens with one attached hydrogen (secondary N) is 2. The van der Waals surface area contributed by atoms with Crippen molar-refractivity contribution in [2.75, 3.05) is 12.0 Å². The minimum Gasteiger partial charge on any atom is -0.463 e. The van der Waals surface area contributed by atoms with Gasteiger partial charge in [-0.05, 0) is 25.5 Å². The van der Waals surface area contributed by atoms with Crippen molar-refractivity contribution in [1.82, 2.24) is 5.43 Å². The van der Waals surface area contributed by atoms with E-state index in [1.54, 1.807) is 12.1 Å². The summed E-state index contributed by atoms with van der Waals surface area (Å²) in [4.78, 5) is 22.9. The van der Waals surface area contributed by atoms with Gasteiger partial charge in [0, 0.05) is 0 Å². The molecule has 1 aromatic carbocycles. The highest BCUT2D eigenvalue weighted by Crippen LogP contribution is 2.03. The van der Waals surface area contributed by atoms with Crippen LogP contribution in [0.3, 0.4) is 0 Å². The smallest absolute Gasteiger partial charge is 0.426 e. The predicted molar refractivity (Wildman–Crippen MR) is 75.0 cm³/mol. The van der Waals surface area contributed by atoms with Gasteiger partial charge in [0.1, 0.15) is 0 Å². The summed E-state index contributed by atoms with van der Waals surface area (Å²) < 4.78 is 9.82. The van der Waals surface area contributed by atoms with Crippen LogP contribution in [0, 0.1) is 0 Å². The normalized spacial score (nSPS) is 11.3. The number of amides is 1. The van der Waals surface area contributed by atoms with Crippen molar-refractivity contribution in [1.29, 1.82) is 0 Å². The fourth-order valence-electron chi connectivity index (χ4n) is 1.32. The maximum absolute atomic E-state index is 11.5. The van der Waals surface area contributed by atoms with Crippen LogP contribution in [0.25, 0.3) is 0 Å². The van der Waals surface area contributed by atoms with E-state index in [0.717, 1.165) is 12.8 Å². The van der Waals surface area contributed by atoms with Gasteiger partial charge in [-0.2, -0.15) is 0 Å². The van der Waals surface area contributed by atoms with Crippen LogP contribution in [-0.4, -0.2) is 24.8 Å². The first-order valence-electron chi connectivity index (χ1n) is 6.57. The van der Waals surface area contributed by atoms with Crippen LogP contribution in [0.5, 0.6) is 0 Å². The molecule has 0 radical (unpaired) electrons. The second-order valence-corrected chi connectivity index (χ2v) is 4.18. The monoisotopic (exact) mass is 280 g/mol. The highest BCUT2D eigenvalue weighted by atomic mass is 16.6. The summed E-state index contributed by atoms with van der Waals surface area (Å²) in [6.45, 7) is 3.81. The number of para-hydroxylation sites is 1. The van der Waals surface area contributed by atoms with Gasteiger partial charge < -0.3 is 9.47 Å². The molecule has 0 aromatic heterocycles. The Morgan fingerprint density at radius 2 is 1.95 bits per heavy atom. The van der Waals surface area contributed by atoms with Crippen LogP contribution in [-0.2, 0) is 14.3 Å². The van der Waals surface area contributed by atoms with Gasteiger partial charge in [-0.3, -0.25) is 5.43 Å². The Hall–Kier alpha value is -2.24. The van der Waals surface area contributed by atoms with E-state index in [4.69, 9.17) is 9.47 Å². The number of anilines is 1. The summed E-state index contributed by atoms with van der Waals surface area (Å²) in [5, 5.41) is 0. The second kappa shape index (κ2) is 8.79. The van der Waals surface area contributed by atoms with E-state index in [2.05, 4.69) is 10.9 Å². The van der Waals surface area contributed by atoms with E-state index in [0.29, 0.717) is 12.3 Å². The molecule has 0 bridgehead atoms. The van der Waals surface area contributed by atoms with E-state index in [1.165, 1.54) is 6.92 Å². The number of rotatable bonds is 7. The first-order valence-corrected chi connectivity index (χ1v) is 6.57. The first-order chi connectivity index (χ1) is 9.63. The summed E-state index contributed by atoms with van der Waals surface area (Å²) in [5.41, 5.74) is 5.71. The lowest BCUT2D eigenvalue weighted by Gasteiger charge is -2.14. The molecule has 0 unspecified atom stereocenters. The van der Waals surface area contributed by atoms with Crippen molar-refractivity contribution in [2.45, 2.75) is 32.8 Å². The van der Waals surface area contributed by atoms with Gasteiger partial charge in [0.2, 0.25) is 0 Å². The van der Waals surface area contributed by atoms with E-state index in [-0.39, 0.29) is 0 Å². The lowest BCUT2D eigenvalue weighted by atomic mass is 10.3. The third kappa shape index (κ3) is 6.08. The van der Waals surface area contributed by atoms with E-state index >= 15 is 0 Å². The highest BCUT2D eigenvalue weighted by Gasteiger charge is 2.18. The van der Waals surface area contributed by atoms with E-state index in [9.17, 15) is 9.59 Å². The van der Waals surface area contributed by atoms with Crippen molar-refractivity contribution in [3.05, 3.63) is 30.3 Å². The molecule has 0 aliphatic carbocycles. The Morgan fingerprint density at radius 1 is 1.25 bits per heavy atom. The number of unbranched alkanes of at least 4 members (excludes halogenated alkanes) is 1. The molecule has 6 heteroatoms. The Morgan fingerprint density at radius 3 is 2.60 bits per heavy atom. The zero-order chi connectivity index (χ0) is 14.8. The maximum atomic E-state index is 11.5. The SMILES string of the molecule is CCCCOC(=O)[C@@H](C)OC(=O)NNc1ccccc1. The highest BCUT2D eigenvalue weighted by molar-refractivity contribution is 5.78. The molecular weight excluding hydrogens is 260 g/mol. The molecule has 0 aliphatic heterocycles. The molecule has 110 valence electrons. The molecule has 0 saturated carbocycles. The van der Waals surface area contributed by atoms with Crippen LogP contribution in [0.15, 0.2) is 30.3 Å². The molecule has 1 rings (SSSR count). The summed E-state index contributed by atoms with van der Waals surface area (Å²) in [5.74, 6) is -0.548. The standard InChI is InChI=1S/C14H20N2O4/c1-3-4-10-19-13(17)11(2)20-14(18)16-15-12-8-6-5-7-9-12/h5-9,11,15H,3-4,10H2,1-2H3,(H,16,18)/t11-/m1/s1. The number of esters is 1. The average Bonchev–Trinajstić information content (AvgIpc) is 2.46. The molecule has 0 spiro atoms. The van der Waals surface area contributed by atoms with Gasteiger partial charge in [-0.1, -0.05) is 31.5 Å². The van der Waals surface area contributed by atoms with Crippen molar-refractivity contribution in [3.8, 4) is 0 Å². The van der Waals surface area contributed by atoms with Crippen molar-refractivity contribution in [2.24, 2.45) is 0 Å². The van der Waals surface area contributed by atoms with Crippen LogP contribution in [0.1, 0.15) is 26.7 Å². The number of ether oxygens (including phenoxy) is 2. The van der Waals surface area contributed by atoms with Crippen molar-refractivity contribution >= 4 is 17.7 Å². The van der Waals surface area contributed by atoms with Crippen LogP contribution in [0.2, 0.25) is 0 Å². The molecule has 0 saturated heterocycles. The Kier molecular flexibility index (Phi) is 6.95. The summed E-state index contributed by atoms with van der Waals surface area (Å²) in [6.07, 6.45) is 0.0442. The fourth-order valence-corrected chi connectivity index (χ4v) is 1.32. The lowest BCUT2D eigenvalue weighted by Crippen LogP contribution is -2.35. The van der Waals surface area contributed by atoms with Crippen molar-refractivity contribution < 1.29 is 19.1 Å². The summed E-state index contributed by atoms with van der Waals surface area (Å²) in [7, 11) is 0. The molecular formula is C14H20N2O4. The molecule has 20 heavy (non-hydrogen) atoms. The number of carbonyl (C=O) groups is 2. The molecule has 1 atom stereocenters. The summed E-state index contributed by atoms with van der Waals surface area (Å²) in [6, 6.07) is 9.06. The van der Waals surface area contributed by atoms with Crippen LogP contribution >= 0.6 is 0 Å². The van der Waals surface area contributed by atoms with Crippen molar-refractivity contribution in [3.63, 3.8) is 0 Å². The molecule has 0 aliphatic rings. The fraction of sp³-hybridized carbons (Fsp3) is 0.429. The maximum Gasteiger partial charge on any atom is 0.426 e. The predicted octanol–water partition coefficient (Wildman–Crippen LogP) is 2.47. The van der Waals surface area contributed by atoms with Crippen LogP contribution < -0.4 is 10.9 Å². The minimum absolute atomic E-state index is 0.340. The molecule has 0 heterocycles. The Bertz CT molecular complexity index is 422. The summed E-state index contributed by atoms with van der Waals surface area (Å²) >= 11 is 0. The largest absolute Gasteiger partial charge is 0.463 e.